The molecule has 2 aliphatic rings. The predicted molar refractivity (Wildman–Crippen MR) is 99.1 cm³/mol. The number of hydrogen-bond donors (Lipinski definition) is 0. The van der Waals surface area contributed by atoms with Crippen LogP contribution in [0.3, 0.4) is 0 Å². The number of hydrogen-bond acceptors (Lipinski definition) is 2. The summed E-state index contributed by atoms with van der Waals surface area (Å²) in [6, 6.07) is 10.0. The Bertz CT molecular complexity index is 833. The molecule has 4 heteroatoms. The van der Waals surface area contributed by atoms with E-state index in [1.165, 1.54) is 12.1 Å². The molecule has 0 N–H and O–H groups in total. The van der Waals surface area contributed by atoms with Gasteiger partial charge in [-0.25, -0.2) is 8.78 Å². The van der Waals surface area contributed by atoms with E-state index in [0.717, 1.165) is 37.9 Å². The molecule has 0 saturated carbocycles. The standard InChI is InChI=1S/C22H23F2NO/c1-15-9-11-26-21-8-3-2-7-19(21)20-14-17(23)12-16(22(20)24)13-18-6-4-5-10-25(15)18/h2-3,7-8,12,14,18H,1,4-6,9-11,13H2/t18-/m1/s1. The smallest absolute Gasteiger partial charge is 0.134 e. The number of benzene rings is 2. The van der Waals surface area contributed by atoms with Gasteiger partial charge in [-0.3, -0.25) is 0 Å². The van der Waals surface area contributed by atoms with Gasteiger partial charge in [0, 0.05) is 35.8 Å². The van der Waals surface area contributed by atoms with E-state index in [1.54, 1.807) is 12.1 Å². The Morgan fingerprint density at radius 1 is 1.08 bits per heavy atom. The van der Waals surface area contributed by atoms with Gasteiger partial charge in [0.1, 0.15) is 17.4 Å². The molecule has 0 aromatic heterocycles. The number of fused-ring (bicyclic) bond motifs is 5. The SMILES string of the molecule is C=C1CCOc2ccccc2-c2cc(F)cc(c2F)C[C@H]2CCCCN12. The lowest BCUT2D eigenvalue weighted by Crippen LogP contribution is -2.40. The molecule has 2 aromatic rings. The molecule has 4 rings (SSSR count). The first-order valence-electron chi connectivity index (χ1n) is 9.28. The topological polar surface area (TPSA) is 12.5 Å². The fourth-order valence-corrected chi connectivity index (χ4v) is 4.11. The number of halogens is 2. The first kappa shape index (κ1) is 17.1. The molecule has 1 fully saturated rings. The van der Waals surface area contributed by atoms with E-state index in [1.807, 2.05) is 12.1 Å². The molecule has 2 aliphatic heterocycles. The fourth-order valence-electron chi connectivity index (χ4n) is 4.11. The van der Waals surface area contributed by atoms with Gasteiger partial charge in [0.2, 0.25) is 0 Å². The van der Waals surface area contributed by atoms with Crippen LogP contribution in [-0.2, 0) is 6.42 Å². The van der Waals surface area contributed by atoms with Crippen LogP contribution in [0, 0.1) is 11.6 Å². The predicted octanol–water partition coefficient (Wildman–Crippen LogP) is 5.33. The van der Waals surface area contributed by atoms with E-state index in [4.69, 9.17) is 4.74 Å². The molecule has 0 amide bonds. The number of rotatable bonds is 0. The van der Waals surface area contributed by atoms with E-state index < -0.39 is 5.82 Å². The summed E-state index contributed by atoms with van der Waals surface area (Å²) >= 11 is 0. The third-order valence-electron chi connectivity index (χ3n) is 5.43. The average molecular weight is 355 g/mol. The normalized spacial score (nSPS) is 20.3. The Balaban J connectivity index is 1.84. The maximum absolute atomic E-state index is 15.3. The maximum Gasteiger partial charge on any atom is 0.134 e. The zero-order chi connectivity index (χ0) is 18.1. The van der Waals surface area contributed by atoms with Crippen molar-refractivity contribution in [1.29, 1.82) is 0 Å². The molecule has 136 valence electrons. The summed E-state index contributed by atoms with van der Waals surface area (Å²) in [5, 5.41) is 0. The lowest BCUT2D eigenvalue weighted by molar-refractivity contribution is 0.178. The van der Waals surface area contributed by atoms with Crippen LogP contribution in [-0.4, -0.2) is 24.1 Å². The number of piperidine rings is 1. The van der Waals surface area contributed by atoms with E-state index in [2.05, 4.69) is 11.5 Å². The van der Waals surface area contributed by atoms with Crippen molar-refractivity contribution in [3.63, 3.8) is 0 Å². The van der Waals surface area contributed by atoms with Gasteiger partial charge in [0.05, 0.1) is 6.61 Å². The molecular weight excluding hydrogens is 332 g/mol. The summed E-state index contributed by atoms with van der Waals surface area (Å²) in [5.74, 6) is -0.185. The minimum Gasteiger partial charge on any atom is -0.493 e. The first-order chi connectivity index (χ1) is 12.6. The van der Waals surface area contributed by atoms with Crippen molar-refractivity contribution in [2.75, 3.05) is 13.2 Å². The maximum atomic E-state index is 15.3. The summed E-state index contributed by atoms with van der Waals surface area (Å²) in [6.45, 7) is 5.63. The lowest BCUT2D eigenvalue weighted by atomic mass is 9.92. The molecule has 0 unspecified atom stereocenters. The summed E-state index contributed by atoms with van der Waals surface area (Å²) in [7, 11) is 0. The van der Waals surface area contributed by atoms with Gasteiger partial charge in [-0.05, 0) is 49.4 Å². The molecule has 0 aliphatic carbocycles. The Hall–Kier alpha value is -2.36. The third kappa shape index (κ3) is 3.20. The van der Waals surface area contributed by atoms with Crippen LogP contribution in [0.1, 0.15) is 31.2 Å². The summed E-state index contributed by atoms with van der Waals surface area (Å²) in [6.07, 6.45) is 4.42. The molecule has 2 heterocycles. The van der Waals surface area contributed by atoms with Crippen LogP contribution in [0.15, 0.2) is 48.7 Å². The van der Waals surface area contributed by atoms with Gasteiger partial charge in [0.25, 0.3) is 0 Å². The van der Waals surface area contributed by atoms with Crippen molar-refractivity contribution in [3.05, 3.63) is 65.9 Å². The second-order valence-corrected chi connectivity index (χ2v) is 7.13. The monoisotopic (exact) mass is 355 g/mol. The van der Waals surface area contributed by atoms with Crippen LogP contribution >= 0.6 is 0 Å². The summed E-state index contributed by atoms with van der Waals surface area (Å²) in [4.78, 5) is 2.27. The lowest BCUT2D eigenvalue weighted by Gasteiger charge is -2.39. The molecule has 26 heavy (non-hydrogen) atoms. The molecule has 0 radical (unpaired) electrons. The molecule has 1 atom stereocenters. The quantitative estimate of drug-likeness (QED) is 0.634. The third-order valence-corrected chi connectivity index (χ3v) is 5.43. The van der Waals surface area contributed by atoms with Crippen LogP contribution < -0.4 is 4.74 Å². The van der Waals surface area contributed by atoms with Crippen molar-refractivity contribution in [2.24, 2.45) is 0 Å². The minimum absolute atomic E-state index is 0.162. The van der Waals surface area contributed by atoms with E-state index in [9.17, 15) is 4.39 Å². The highest BCUT2D eigenvalue weighted by Crippen LogP contribution is 2.36. The molecule has 2 aromatic carbocycles. The zero-order valence-corrected chi connectivity index (χ0v) is 14.8. The van der Waals surface area contributed by atoms with E-state index in [-0.39, 0.29) is 17.4 Å². The van der Waals surface area contributed by atoms with Gasteiger partial charge in [-0.2, -0.15) is 0 Å². The van der Waals surface area contributed by atoms with Crippen LogP contribution in [0.2, 0.25) is 0 Å². The highest BCUT2D eigenvalue weighted by atomic mass is 19.1. The van der Waals surface area contributed by atoms with Crippen molar-refractivity contribution in [2.45, 2.75) is 38.1 Å². The molecule has 2 bridgehead atoms. The second-order valence-electron chi connectivity index (χ2n) is 7.13. The Kier molecular flexibility index (Phi) is 4.66. The van der Waals surface area contributed by atoms with E-state index >= 15 is 4.39 Å². The van der Waals surface area contributed by atoms with Gasteiger partial charge >= 0.3 is 0 Å². The number of nitrogens with zero attached hydrogens (tertiary/aromatic N) is 1. The number of ether oxygens (including phenoxy) is 1. The fraction of sp³-hybridized carbons (Fsp3) is 0.364. The van der Waals surface area contributed by atoms with Crippen molar-refractivity contribution < 1.29 is 13.5 Å². The van der Waals surface area contributed by atoms with Crippen LogP contribution in [0.5, 0.6) is 5.75 Å². The number of para-hydroxylation sites is 1. The molecule has 1 saturated heterocycles. The Morgan fingerprint density at radius 2 is 1.92 bits per heavy atom. The van der Waals surface area contributed by atoms with Crippen molar-refractivity contribution in [1.82, 2.24) is 4.90 Å². The highest BCUT2D eigenvalue weighted by Gasteiger charge is 2.26. The van der Waals surface area contributed by atoms with E-state index in [0.29, 0.717) is 29.9 Å². The van der Waals surface area contributed by atoms with Gasteiger partial charge in [0.15, 0.2) is 0 Å². The second kappa shape index (κ2) is 7.10. The molecule has 0 spiro atoms. The Labute approximate surface area is 153 Å². The highest BCUT2D eigenvalue weighted by molar-refractivity contribution is 5.71. The summed E-state index contributed by atoms with van der Waals surface area (Å²) in [5.41, 5.74) is 2.32. The van der Waals surface area contributed by atoms with Crippen LogP contribution in [0.4, 0.5) is 8.78 Å². The first-order valence-corrected chi connectivity index (χ1v) is 9.28. The summed E-state index contributed by atoms with van der Waals surface area (Å²) < 4.78 is 35.5. The molecular formula is C22H23F2NO. The Morgan fingerprint density at radius 3 is 2.81 bits per heavy atom. The van der Waals surface area contributed by atoms with Gasteiger partial charge in [-0.1, -0.05) is 24.8 Å². The largest absolute Gasteiger partial charge is 0.493 e. The van der Waals surface area contributed by atoms with Crippen molar-refractivity contribution in [3.8, 4) is 16.9 Å². The van der Waals surface area contributed by atoms with Gasteiger partial charge < -0.3 is 9.64 Å². The van der Waals surface area contributed by atoms with Crippen LogP contribution in [0.25, 0.3) is 11.1 Å². The van der Waals surface area contributed by atoms with Gasteiger partial charge in [-0.15, -0.1) is 0 Å². The zero-order valence-electron chi connectivity index (χ0n) is 14.8. The average Bonchev–Trinajstić information content (AvgIpc) is 2.64. The molecule has 2 nitrogen and oxygen atoms in total. The minimum atomic E-state index is -0.413. The van der Waals surface area contributed by atoms with Crippen molar-refractivity contribution >= 4 is 0 Å².